The maximum atomic E-state index is 6.11. The zero-order valence-corrected chi connectivity index (χ0v) is 13.4. The normalized spacial score (nSPS) is 17.0. The molecule has 21 heavy (non-hydrogen) atoms. The molecule has 116 valence electrons. The van der Waals surface area contributed by atoms with E-state index in [9.17, 15) is 0 Å². The molecular weight excluding hydrogens is 262 g/mol. The van der Waals surface area contributed by atoms with E-state index < -0.39 is 0 Å². The van der Waals surface area contributed by atoms with Crippen molar-refractivity contribution in [3.05, 3.63) is 29.8 Å². The van der Waals surface area contributed by atoms with Gasteiger partial charge in [0.25, 0.3) is 0 Å². The quantitative estimate of drug-likeness (QED) is 0.661. The van der Waals surface area contributed by atoms with Crippen LogP contribution in [0.1, 0.15) is 52.0 Å². The lowest BCUT2D eigenvalue weighted by Crippen LogP contribution is -2.44. The minimum atomic E-state index is -0.0759. The first-order valence-electron chi connectivity index (χ1n) is 7.77. The van der Waals surface area contributed by atoms with Crippen LogP contribution in [0.15, 0.2) is 29.3 Å². The fourth-order valence-corrected chi connectivity index (χ4v) is 2.53. The summed E-state index contributed by atoms with van der Waals surface area (Å²) in [6, 6.07) is 8.10. The van der Waals surface area contributed by atoms with Crippen LogP contribution in [0.25, 0.3) is 0 Å². The first kappa shape index (κ1) is 15.7. The van der Waals surface area contributed by atoms with E-state index in [1.165, 1.54) is 12.8 Å². The number of rotatable bonds is 4. The first-order chi connectivity index (χ1) is 9.94. The molecule has 0 saturated heterocycles. The summed E-state index contributed by atoms with van der Waals surface area (Å²) < 4.78 is 6.11. The van der Waals surface area contributed by atoms with Crippen molar-refractivity contribution in [3.63, 3.8) is 0 Å². The van der Waals surface area contributed by atoms with Crippen LogP contribution in [-0.2, 0) is 6.54 Å². The molecule has 2 rings (SSSR count). The van der Waals surface area contributed by atoms with E-state index in [2.05, 4.69) is 37.1 Å². The van der Waals surface area contributed by atoms with Gasteiger partial charge in [-0.15, -0.1) is 0 Å². The molecule has 0 heterocycles. The van der Waals surface area contributed by atoms with Crippen molar-refractivity contribution in [1.82, 2.24) is 5.32 Å². The van der Waals surface area contributed by atoms with Crippen molar-refractivity contribution < 1.29 is 4.74 Å². The average Bonchev–Trinajstić information content (AvgIpc) is 2.88. The van der Waals surface area contributed by atoms with Crippen LogP contribution in [-0.4, -0.2) is 17.6 Å². The third-order valence-corrected chi connectivity index (χ3v) is 3.49. The van der Waals surface area contributed by atoms with Gasteiger partial charge in [-0.1, -0.05) is 18.2 Å². The summed E-state index contributed by atoms with van der Waals surface area (Å²) in [5.41, 5.74) is 6.93. The van der Waals surface area contributed by atoms with E-state index in [-0.39, 0.29) is 5.54 Å². The van der Waals surface area contributed by atoms with Gasteiger partial charge < -0.3 is 15.8 Å². The van der Waals surface area contributed by atoms with Gasteiger partial charge in [0.15, 0.2) is 5.96 Å². The predicted molar refractivity (Wildman–Crippen MR) is 87.5 cm³/mol. The van der Waals surface area contributed by atoms with Crippen molar-refractivity contribution in [2.75, 3.05) is 0 Å². The number of ether oxygens (including phenoxy) is 1. The third kappa shape index (κ3) is 5.29. The molecule has 0 aliphatic heterocycles. The number of guanidine groups is 1. The molecule has 0 bridgehead atoms. The summed E-state index contributed by atoms with van der Waals surface area (Å²) in [7, 11) is 0. The van der Waals surface area contributed by atoms with Crippen LogP contribution in [0.5, 0.6) is 5.75 Å². The molecule has 0 aromatic heterocycles. The molecule has 1 aromatic rings. The number of nitrogens with two attached hydrogens (primary N) is 1. The molecule has 1 aromatic carbocycles. The second-order valence-corrected chi connectivity index (χ2v) is 6.71. The Labute approximate surface area is 127 Å². The van der Waals surface area contributed by atoms with Crippen molar-refractivity contribution in [1.29, 1.82) is 0 Å². The van der Waals surface area contributed by atoms with Crippen molar-refractivity contribution in [2.45, 2.75) is 64.6 Å². The summed E-state index contributed by atoms with van der Waals surface area (Å²) >= 11 is 0. The number of hydrogen-bond acceptors (Lipinski definition) is 2. The average molecular weight is 289 g/mol. The van der Waals surface area contributed by atoms with Crippen LogP contribution in [0.4, 0.5) is 0 Å². The number of benzene rings is 1. The van der Waals surface area contributed by atoms with E-state index in [0.29, 0.717) is 18.6 Å². The molecule has 0 radical (unpaired) electrons. The highest BCUT2D eigenvalue weighted by Gasteiger charge is 2.17. The first-order valence-corrected chi connectivity index (χ1v) is 7.77. The van der Waals surface area contributed by atoms with Crippen LogP contribution in [0.2, 0.25) is 0 Å². The predicted octanol–water partition coefficient (Wildman–Crippen LogP) is 3.21. The fourth-order valence-electron chi connectivity index (χ4n) is 2.53. The zero-order valence-electron chi connectivity index (χ0n) is 13.4. The van der Waals surface area contributed by atoms with Gasteiger partial charge in [0.2, 0.25) is 0 Å². The molecule has 3 N–H and O–H groups in total. The third-order valence-electron chi connectivity index (χ3n) is 3.49. The van der Waals surface area contributed by atoms with Gasteiger partial charge in [-0.3, -0.25) is 0 Å². The number of hydrogen-bond donors (Lipinski definition) is 2. The van der Waals surface area contributed by atoms with Gasteiger partial charge in [-0.25, -0.2) is 4.99 Å². The molecule has 1 aliphatic rings. The Morgan fingerprint density at radius 1 is 1.29 bits per heavy atom. The second kappa shape index (κ2) is 6.83. The molecular formula is C17H27N3O. The number of nitrogens with one attached hydrogen (secondary N) is 1. The second-order valence-electron chi connectivity index (χ2n) is 6.71. The molecule has 0 unspecified atom stereocenters. The fraction of sp³-hybridized carbons (Fsp3) is 0.588. The van der Waals surface area contributed by atoms with Crippen molar-refractivity contribution >= 4 is 5.96 Å². The summed E-state index contributed by atoms with van der Waals surface area (Å²) in [5.74, 6) is 1.41. The number of para-hydroxylation sites is 1. The van der Waals surface area contributed by atoms with Crippen LogP contribution in [0, 0.1) is 0 Å². The van der Waals surface area contributed by atoms with Crippen LogP contribution < -0.4 is 15.8 Å². The van der Waals surface area contributed by atoms with Gasteiger partial charge in [0.05, 0.1) is 12.6 Å². The topological polar surface area (TPSA) is 59.6 Å². The highest BCUT2D eigenvalue weighted by Crippen LogP contribution is 2.26. The van der Waals surface area contributed by atoms with Gasteiger partial charge >= 0.3 is 0 Å². The van der Waals surface area contributed by atoms with E-state index >= 15 is 0 Å². The SMILES string of the molecule is CC(C)(C)NC(N)=NCc1ccccc1OC1CCCC1. The van der Waals surface area contributed by atoms with Gasteiger partial charge in [-0.2, -0.15) is 0 Å². The highest BCUT2D eigenvalue weighted by atomic mass is 16.5. The Kier molecular flexibility index (Phi) is 5.10. The minimum Gasteiger partial charge on any atom is -0.490 e. The van der Waals surface area contributed by atoms with Crippen LogP contribution in [0.3, 0.4) is 0 Å². The zero-order chi connectivity index (χ0) is 15.3. The lowest BCUT2D eigenvalue weighted by atomic mass is 10.1. The molecule has 0 atom stereocenters. The van der Waals surface area contributed by atoms with E-state index in [0.717, 1.165) is 24.2 Å². The summed E-state index contributed by atoms with van der Waals surface area (Å²) in [6.07, 6.45) is 5.22. The van der Waals surface area contributed by atoms with Gasteiger partial charge in [0, 0.05) is 11.1 Å². The largest absolute Gasteiger partial charge is 0.490 e. The lowest BCUT2D eigenvalue weighted by molar-refractivity contribution is 0.208. The Bertz CT molecular complexity index is 485. The molecule has 0 spiro atoms. The molecule has 4 heteroatoms. The van der Waals surface area contributed by atoms with E-state index in [1.807, 2.05) is 18.2 Å². The van der Waals surface area contributed by atoms with E-state index in [1.54, 1.807) is 0 Å². The maximum absolute atomic E-state index is 6.11. The molecule has 1 fully saturated rings. The Morgan fingerprint density at radius 3 is 2.62 bits per heavy atom. The van der Waals surface area contributed by atoms with Gasteiger partial charge in [0.1, 0.15) is 5.75 Å². The van der Waals surface area contributed by atoms with Crippen LogP contribution >= 0.6 is 0 Å². The monoisotopic (exact) mass is 289 g/mol. The molecule has 0 amide bonds. The molecule has 4 nitrogen and oxygen atoms in total. The molecule has 1 saturated carbocycles. The summed E-state index contributed by atoms with van der Waals surface area (Å²) in [4.78, 5) is 4.42. The maximum Gasteiger partial charge on any atom is 0.189 e. The Balaban J connectivity index is 2.00. The van der Waals surface area contributed by atoms with Crippen molar-refractivity contribution in [2.24, 2.45) is 10.7 Å². The number of nitrogens with zero attached hydrogens (tertiary/aromatic N) is 1. The Hall–Kier alpha value is -1.71. The standard InChI is InChI=1S/C17H27N3O/c1-17(2,3)20-16(18)19-12-13-8-4-7-11-15(13)21-14-9-5-6-10-14/h4,7-8,11,14H,5-6,9-10,12H2,1-3H3,(H3,18,19,20). The van der Waals surface area contributed by atoms with E-state index in [4.69, 9.17) is 10.5 Å². The Morgan fingerprint density at radius 2 is 1.95 bits per heavy atom. The lowest BCUT2D eigenvalue weighted by Gasteiger charge is -2.21. The number of aliphatic imine (C=N–C) groups is 1. The summed E-state index contributed by atoms with van der Waals surface area (Å²) in [6.45, 7) is 6.73. The summed E-state index contributed by atoms with van der Waals surface area (Å²) in [5, 5.41) is 3.17. The highest BCUT2D eigenvalue weighted by molar-refractivity contribution is 5.78. The molecule has 1 aliphatic carbocycles. The van der Waals surface area contributed by atoms with Crippen molar-refractivity contribution in [3.8, 4) is 5.75 Å². The minimum absolute atomic E-state index is 0.0759. The smallest absolute Gasteiger partial charge is 0.189 e. The van der Waals surface area contributed by atoms with Gasteiger partial charge in [-0.05, 0) is 52.5 Å².